The molecule has 0 radical (unpaired) electrons. The first-order valence-corrected chi connectivity index (χ1v) is 3.73. The fraction of sp³-hybridized carbons (Fsp3) is 0. The van der Waals surface area contributed by atoms with Gasteiger partial charge in [0.1, 0.15) is 5.58 Å². The average Bonchev–Trinajstić information content (AvgIpc) is 2.16. The van der Waals surface area contributed by atoms with Crippen molar-refractivity contribution < 1.29 is 4.42 Å². The van der Waals surface area contributed by atoms with Gasteiger partial charge < -0.3 is 4.42 Å². The predicted octanol–water partition coefficient (Wildman–Crippen LogP) is 1.66. The molecule has 0 saturated heterocycles. The summed E-state index contributed by atoms with van der Waals surface area (Å²) in [7, 11) is 0. The lowest BCUT2D eigenvalue weighted by Crippen LogP contribution is -1.94. The van der Waals surface area contributed by atoms with Crippen LogP contribution in [0.3, 0.4) is 0 Å². The molecule has 1 heterocycles. The van der Waals surface area contributed by atoms with E-state index in [4.69, 9.17) is 9.68 Å². The predicted molar refractivity (Wildman–Crippen MR) is 47.2 cm³/mol. The highest BCUT2D eigenvalue weighted by Gasteiger charge is 1.97. The molecular weight excluding hydrogens is 166 g/mol. The van der Waals surface area contributed by atoms with E-state index in [1.165, 1.54) is 6.07 Å². The molecule has 0 spiro atoms. The number of nitriles is 1. The largest absolute Gasteiger partial charge is 0.423 e. The number of fused-ring (bicyclic) bond motifs is 1. The van der Waals surface area contributed by atoms with Gasteiger partial charge in [0.25, 0.3) is 0 Å². The van der Waals surface area contributed by atoms with E-state index in [2.05, 4.69) is 0 Å². The molecule has 1 aromatic heterocycles. The minimum atomic E-state index is -0.400. The van der Waals surface area contributed by atoms with Crippen LogP contribution in [0.4, 0.5) is 0 Å². The smallest absolute Gasteiger partial charge is 0.336 e. The zero-order valence-corrected chi connectivity index (χ0v) is 6.65. The van der Waals surface area contributed by atoms with E-state index >= 15 is 0 Å². The van der Waals surface area contributed by atoms with Crippen molar-refractivity contribution in [2.45, 2.75) is 0 Å². The van der Waals surface area contributed by atoms with Crippen LogP contribution in [0.25, 0.3) is 11.0 Å². The highest BCUT2D eigenvalue weighted by atomic mass is 16.4. The SMILES string of the molecule is N#Cc1ccc2ccc(=O)oc2c1. The number of rotatable bonds is 0. The monoisotopic (exact) mass is 171 g/mol. The Bertz CT molecular complexity index is 549. The van der Waals surface area contributed by atoms with Crippen LogP contribution in [0, 0.1) is 11.3 Å². The second kappa shape index (κ2) is 2.76. The molecule has 0 N–H and O–H groups in total. The summed E-state index contributed by atoms with van der Waals surface area (Å²) in [6, 6.07) is 9.98. The molecule has 0 saturated carbocycles. The van der Waals surface area contributed by atoms with E-state index < -0.39 is 5.63 Å². The van der Waals surface area contributed by atoms with Crippen molar-refractivity contribution in [3.8, 4) is 6.07 Å². The molecule has 0 aliphatic carbocycles. The maximum atomic E-state index is 10.8. The summed E-state index contributed by atoms with van der Waals surface area (Å²) in [5, 5.41) is 9.41. The van der Waals surface area contributed by atoms with Crippen LogP contribution >= 0.6 is 0 Å². The molecule has 0 atom stereocenters. The Kier molecular flexibility index (Phi) is 1.60. The fourth-order valence-electron chi connectivity index (χ4n) is 1.13. The second-order valence-electron chi connectivity index (χ2n) is 2.62. The molecule has 0 amide bonds. The number of hydrogen-bond acceptors (Lipinski definition) is 3. The second-order valence-corrected chi connectivity index (χ2v) is 2.62. The Morgan fingerprint density at radius 2 is 2.00 bits per heavy atom. The number of hydrogen-bond donors (Lipinski definition) is 0. The van der Waals surface area contributed by atoms with Crippen molar-refractivity contribution in [3.05, 3.63) is 46.3 Å². The molecule has 0 aliphatic heterocycles. The summed E-state index contributed by atoms with van der Waals surface area (Å²) in [5.41, 5.74) is 0.538. The van der Waals surface area contributed by atoms with E-state index in [9.17, 15) is 4.79 Å². The fourth-order valence-corrected chi connectivity index (χ4v) is 1.13. The first-order chi connectivity index (χ1) is 6.29. The van der Waals surface area contributed by atoms with Crippen molar-refractivity contribution in [2.75, 3.05) is 0 Å². The van der Waals surface area contributed by atoms with E-state index in [1.54, 1.807) is 24.3 Å². The van der Waals surface area contributed by atoms with Gasteiger partial charge in [-0.2, -0.15) is 5.26 Å². The summed E-state index contributed by atoms with van der Waals surface area (Å²) >= 11 is 0. The van der Waals surface area contributed by atoms with Gasteiger partial charge in [0.05, 0.1) is 11.6 Å². The third kappa shape index (κ3) is 1.30. The lowest BCUT2D eigenvalue weighted by atomic mass is 10.2. The average molecular weight is 171 g/mol. The van der Waals surface area contributed by atoms with Crippen molar-refractivity contribution in [2.24, 2.45) is 0 Å². The van der Waals surface area contributed by atoms with Crippen molar-refractivity contribution in [1.82, 2.24) is 0 Å². The van der Waals surface area contributed by atoms with Crippen LogP contribution in [0.15, 0.2) is 39.5 Å². The van der Waals surface area contributed by atoms with Crippen LogP contribution in [0.2, 0.25) is 0 Å². The van der Waals surface area contributed by atoms with Crippen LogP contribution in [-0.2, 0) is 0 Å². The summed E-state index contributed by atoms with van der Waals surface area (Å²) < 4.78 is 4.90. The van der Waals surface area contributed by atoms with Gasteiger partial charge >= 0.3 is 5.63 Å². The topological polar surface area (TPSA) is 54.0 Å². The molecule has 1 aromatic carbocycles. The summed E-state index contributed by atoms with van der Waals surface area (Å²) in [4.78, 5) is 10.8. The Labute approximate surface area is 73.8 Å². The molecule has 0 fully saturated rings. The van der Waals surface area contributed by atoms with Gasteiger partial charge in [-0.15, -0.1) is 0 Å². The lowest BCUT2D eigenvalue weighted by molar-refractivity contribution is 0.561. The Hall–Kier alpha value is -2.08. The highest BCUT2D eigenvalue weighted by molar-refractivity contribution is 5.77. The minimum absolute atomic E-state index is 0.400. The molecule has 0 bridgehead atoms. The Morgan fingerprint density at radius 1 is 1.23 bits per heavy atom. The molecule has 3 heteroatoms. The zero-order chi connectivity index (χ0) is 9.26. The molecule has 2 aromatic rings. The maximum absolute atomic E-state index is 10.8. The molecule has 13 heavy (non-hydrogen) atoms. The normalized spacial score (nSPS) is 9.77. The Morgan fingerprint density at radius 3 is 2.77 bits per heavy atom. The molecule has 0 unspecified atom stereocenters. The summed E-state index contributed by atoms with van der Waals surface area (Å²) in [6.07, 6.45) is 0. The summed E-state index contributed by atoms with van der Waals surface area (Å²) in [6.45, 7) is 0. The molecule has 62 valence electrons. The van der Waals surface area contributed by atoms with Crippen LogP contribution in [0.1, 0.15) is 5.56 Å². The van der Waals surface area contributed by atoms with Gasteiger partial charge in [0.2, 0.25) is 0 Å². The van der Waals surface area contributed by atoms with Crippen molar-refractivity contribution >= 4 is 11.0 Å². The number of nitrogens with zero attached hydrogens (tertiary/aromatic N) is 1. The third-order valence-electron chi connectivity index (χ3n) is 1.75. The molecule has 0 aliphatic rings. The highest BCUT2D eigenvalue weighted by Crippen LogP contribution is 2.12. The Balaban J connectivity index is 2.84. The van der Waals surface area contributed by atoms with Crippen molar-refractivity contribution in [3.63, 3.8) is 0 Å². The third-order valence-corrected chi connectivity index (χ3v) is 1.75. The molecule has 3 nitrogen and oxygen atoms in total. The van der Waals surface area contributed by atoms with Gasteiger partial charge in [0.15, 0.2) is 0 Å². The van der Waals surface area contributed by atoms with Crippen LogP contribution in [-0.4, -0.2) is 0 Å². The standard InChI is InChI=1S/C10H5NO2/c11-6-7-1-2-8-3-4-10(12)13-9(8)5-7/h1-5H. The van der Waals surface area contributed by atoms with E-state index in [0.29, 0.717) is 11.1 Å². The minimum Gasteiger partial charge on any atom is -0.423 e. The number of benzene rings is 1. The van der Waals surface area contributed by atoms with E-state index in [0.717, 1.165) is 5.39 Å². The van der Waals surface area contributed by atoms with E-state index in [-0.39, 0.29) is 0 Å². The van der Waals surface area contributed by atoms with Gasteiger partial charge in [0, 0.05) is 11.5 Å². The lowest BCUT2D eigenvalue weighted by Gasteiger charge is -1.94. The first kappa shape index (κ1) is 7.56. The molecule has 2 rings (SSSR count). The quantitative estimate of drug-likeness (QED) is 0.566. The zero-order valence-electron chi connectivity index (χ0n) is 6.65. The summed E-state index contributed by atoms with van der Waals surface area (Å²) in [5.74, 6) is 0. The van der Waals surface area contributed by atoms with Crippen LogP contribution < -0.4 is 5.63 Å². The first-order valence-electron chi connectivity index (χ1n) is 3.73. The van der Waals surface area contributed by atoms with Gasteiger partial charge in [-0.1, -0.05) is 0 Å². The van der Waals surface area contributed by atoms with Gasteiger partial charge in [-0.3, -0.25) is 0 Å². The molecular formula is C10H5NO2. The maximum Gasteiger partial charge on any atom is 0.336 e. The van der Waals surface area contributed by atoms with Crippen LogP contribution in [0.5, 0.6) is 0 Å². The van der Waals surface area contributed by atoms with E-state index in [1.807, 2.05) is 6.07 Å². The van der Waals surface area contributed by atoms with Gasteiger partial charge in [-0.05, 0) is 24.3 Å². The van der Waals surface area contributed by atoms with Crippen molar-refractivity contribution in [1.29, 1.82) is 5.26 Å². The van der Waals surface area contributed by atoms with Gasteiger partial charge in [-0.25, -0.2) is 4.79 Å².